The zero-order valence-electron chi connectivity index (χ0n) is 12.8. The van der Waals surface area contributed by atoms with Crippen LogP contribution in [0.4, 0.5) is 0 Å². The quantitative estimate of drug-likeness (QED) is 0.634. The maximum absolute atomic E-state index is 5.76. The Morgan fingerprint density at radius 3 is 2.29 bits per heavy atom. The monoisotopic (exact) mass is 307 g/mol. The first kappa shape index (κ1) is 15.8. The third-order valence-corrected chi connectivity index (χ3v) is 4.56. The van der Waals surface area contributed by atoms with Gasteiger partial charge in [-0.25, -0.2) is 4.98 Å². The summed E-state index contributed by atoms with van der Waals surface area (Å²) in [5.74, 6) is 7.26. The number of nitrogens with two attached hydrogens (primary N) is 1. The summed E-state index contributed by atoms with van der Waals surface area (Å²) >= 11 is 1.69. The molecule has 2 rings (SSSR count). The molecule has 1 aromatic carbocycles. The van der Waals surface area contributed by atoms with E-state index in [2.05, 4.69) is 17.3 Å². The number of aryl methyl sites for hydroxylation is 2. The number of ether oxygens (including phenoxy) is 2. The van der Waals surface area contributed by atoms with Gasteiger partial charge in [0.05, 0.1) is 36.5 Å². The molecule has 0 spiro atoms. The molecule has 0 bridgehead atoms. The van der Waals surface area contributed by atoms with E-state index in [1.165, 1.54) is 4.88 Å². The minimum absolute atomic E-state index is 0.124. The van der Waals surface area contributed by atoms with E-state index in [0.717, 1.165) is 27.8 Å². The van der Waals surface area contributed by atoms with Crippen LogP contribution in [0, 0.1) is 13.8 Å². The molecule has 0 saturated heterocycles. The number of hydrazine groups is 1. The van der Waals surface area contributed by atoms with Crippen LogP contribution >= 0.6 is 11.3 Å². The van der Waals surface area contributed by atoms with Gasteiger partial charge in [-0.3, -0.25) is 11.3 Å². The largest absolute Gasteiger partial charge is 0.496 e. The van der Waals surface area contributed by atoms with Crippen molar-refractivity contribution in [2.45, 2.75) is 26.3 Å². The van der Waals surface area contributed by atoms with Gasteiger partial charge in [0.25, 0.3) is 0 Å². The molecule has 0 aliphatic rings. The molecule has 2 aromatic rings. The van der Waals surface area contributed by atoms with Crippen molar-refractivity contribution in [3.05, 3.63) is 39.3 Å². The van der Waals surface area contributed by atoms with Gasteiger partial charge in [0, 0.05) is 11.3 Å². The number of nitrogens with zero attached hydrogens (tertiary/aromatic N) is 1. The first-order valence-corrected chi connectivity index (χ1v) is 7.52. The number of benzene rings is 1. The van der Waals surface area contributed by atoms with E-state index in [-0.39, 0.29) is 6.04 Å². The predicted octanol–water partition coefficient (Wildman–Crippen LogP) is 2.52. The molecule has 0 radical (unpaired) electrons. The van der Waals surface area contributed by atoms with Crippen molar-refractivity contribution >= 4 is 11.3 Å². The van der Waals surface area contributed by atoms with Crippen molar-refractivity contribution in [3.63, 3.8) is 0 Å². The van der Waals surface area contributed by atoms with Gasteiger partial charge in [0.1, 0.15) is 11.5 Å². The van der Waals surface area contributed by atoms with Gasteiger partial charge in [0.2, 0.25) is 0 Å². The number of hydrogen-bond acceptors (Lipinski definition) is 6. The Morgan fingerprint density at radius 2 is 1.86 bits per heavy atom. The van der Waals surface area contributed by atoms with Gasteiger partial charge < -0.3 is 9.47 Å². The summed E-state index contributed by atoms with van der Waals surface area (Å²) in [5, 5.41) is 1.04. The lowest BCUT2D eigenvalue weighted by molar-refractivity contribution is 0.370. The molecule has 21 heavy (non-hydrogen) atoms. The Hall–Kier alpha value is -1.63. The topological polar surface area (TPSA) is 69.4 Å². The molecule has 1 atom stereocenters. The number of nitrogens with one attached hydrogen (secondary N) is 1. The Morgan fingerprint density at radius 1 is 1.24 bits per heavy atom. The molecule has 0 saturated carbocycles. The van der Waals surface area contributed by atoms with Crippen LogP contribution in [0.1, 0.15) is 27.2 Å². The summed E-state index contributed by atoms with van der Waals surface area (Å²) in [6.45, 7) is 4.09. The van der Waals surface area contributed by atoms with Crippen LogP contribution < -0.4 is 20.7 Å². The van der Waals surface area contributed by atoms with E-state index in [1.807, 2.05) is 25.1 Å². The maximum atomic E-state index is 5.76. The first-order chi connectivity index (χ1) is 10.1. The standard InChI is InChI=1S/C15H21N3O2S/c1-9-10(2)21-14(17-9)8-11(18-16)15-12(19-3)6-5-7-13(15)20-4/h5-7,11,18H,8,16H2,1-4H3. The van der Waals surface area contributed by atoms with Gasteiger partial charge >= 0.3 is 0 Å². The highest BCUT2D eigenvalue weighted by molar-refractivity contribution is 7.11. The molecule has 0 aliphatic carbocycles. The van der Waals surface area contributed by atoms with Crippen LogP contribution in [-0.4, -0.2) is 19.2 Å². The van der Waals surface area contributed by atoms with Crippen molar-refractivity contribution in [2.75, 3.05) is 14.2 Å². The minimum Gasteiger partial charge on any atom is -0.496 e. The van der Waals surface area contributed by atoms with Gasteiger partial charge in [-0.15, -0.1) is 11.3 Å². The molecule has 0 fully saturated rings. The average molecular weight is 307 g/mol. The number of hydrogen-bond donors (Lipinski definition) is 2. The summed E-state index contributed by atoms with van der Waals surface area (Å²) in [7, 11) is 3.28. The van der Waals surface area contributed by atoms with Crippen molar-refractivity contribution in [1.29, 1.82) is 0 Å². The molecule has 3 N–H and O–H groups in total. The Labute approximate surface area is 129 Å². The lowest BCUT2D eigenvalue weighted by Crippen LogP contribution is -2.30. The molecular formula is C15H21N3O2S. The SMILES string of the molecule is COc1cccc(OC)c1C(Cc1nc(C)c(C)s1)NN. The van der Waals surface area contributed by atoms with Crippen molar-refractivity contribution in [2.24, 2.45) is 5.84 Å². The Balaban J connectivity index is 2.36. The van der Waals surface area contributed by atoms with E-state index in [1.54, 1.807) is 25.6 Å². The molecule has 0 amide bonds. The van der Waals surface area contributed by atoms with E-state index in [0.29, 0.717) is 6.42 Å². The summed E-state index contributed by atoms with van der Waals surface area (Å²) in [6.07, 6.45) is 0.687. The maximum Gasteiger partial charge on any atom is 0.127 e. The highest BCUT2D eigenvalue weighted by Crippen LogP contribution is 2.35. The molecule has 1 unspecified atom stereocenters. The summed E-state index contributed by atoms with van der Waals surface area (Å²) in [4.78, 5) is 5.81. The van der Waals surface area contributed by atoms with E-state index >= 15 is 0 Å². The fourth-order valence-electron chi connectivity index (χ4n) is 2.27. The van der Waals surface area contributed by atoms with E-state index < -0.39 is 0 Å². The number of thiazole rings is 1. The first-order valence-electron chi connectivity index (χ1n) is 6.70. The van der Waals surface area contributed by atoms with Crippen LogP contribution in [0.3, 0.4) is 0 Å². The predicted molar refractivity (Wildman–Crippen MR) is 84.9 cm³/mol. The number of aromatic nitrogens is 1. The highest BCUT2D eigenvalue weighted by Gasteiger charge is 2.21. The van der Waals surface area contributed by atoms with Gasteiger partial charge in [-0.1, -0.05) is 6.07 Å². The van der Waals surface area contributed by atoms with E-state index in [9.17, 15) is 0 Å². The Bertz CT molecular complexity index is 571. The minimum atomic E-state index is -0.124. The van der Waals surface area contributed by atoms with Gasteiger partial charge in [-0.05, 0) is 26.0 Å². The second kappa shape index (κ2) is 6.89. The molecule has 5 nitrogen and oxygen atoms in total. The van der Waals surface area contributed by atoms with Crippen molar-refractivity contribution < 1.29 is 9.47 Å². The molecular weight excluding hydrogens is 286 g/mol. The molecule has 1 heterocycles. The van der Waals surface area contributed by atoms with Crippen molar-refractivity contribution in [1.82, 2.24) is 10.4 Å². The normalized spacial score (nSPS) is 12.2. The van der Waals surface area contributed by atoms with E-state index in [4.69, 9.17) is 15.3 Å². The fourth-order valence-corrected chi connectivity index (χ4v) is 3.25. The van der Waals surface area contributed by atoms with Crippen LogP contribution in [0.5, 0.6) is 11.5 Å². The highest BCUT2D eigenvalue weighted by atomic mass is 32.1. The third kappa shape index (κ3) is 3.34. The molecule has 6 heteroatoms. The van der Waals surface area contributed by atoms with Gasteiger partial charge in [-0.2, -0.15) is 0 Å². The summed E-state index contributed by atoms with van der Waals surface area (Å²) < 4.78 is 10.9. The average Bonchev–Trinajstić information content (AvgIpc) is 2.82. The van der Waals surface area contributed by atoms with Crippen LogP contribution in [0.2, 0.25) is 0 Å². The lowest BCUT2D eigenvalue weighted by atomic mass is 10.0. The number of rotatable bonds is 6. The lowest BCUT2D eigenvalue weighted by Gasteiger charge is -2.20. The van der Waals surface area contributed by atoms with Crippen LogP contribution in [0.25, 0.3) is 0 Å². The zero-order chi connectivity index (χ0) is 15.4. The second-order valence-electron chi connectivity index (χ2n) is 4.75. The third-order valence-electron chi connectivity index (χ3n) is 3.47. The number of methoxy groups -OCH3 is 2. The smallest absolute Gasteiger partial charge is 0.127 e. The van der Waals surface area contributed by atoms with Crippen molar-refractivity contribution in [3.8, 4) is 11.5 Å². The molecule has 1 aromatic heterocycles. The molecule has 114 valence electrons. The van der Waals surface area contributed by atoms with Gasteiger partial charge in [0.15, 0.2) is 0 Å². The zero-order valence-corrected chi connectivity index (χ0v) is 13.6. The van der Waals surface area contributed by atoms with Crippen LogP contribution in [0.15, 0.2) is 18.2 Å². The summed E-state index contributed by atoms with van der Waals surface area (Å²) in [5.41, 5.74) is 4.83. The fraction of sp³-hybridized carbons (Fsp3) is 0.400. The Kier molecular flexibility index (Phi) is 5.17. The second-order valence-corrected chi connectivity index (χ2v) is 6.04. The molecule has 0 aliphatic heterocycles. The van der Waals surface area contributed by atoms with Crippen LogP contribution in [-0.2, 0) is 6.42 Å². The summed E-state index contributed by atoms with van der Waals surface area (Å²) in [6, 6.07) is 5.58.